The number of non-ortho nitro benzene ring substituents is 1. The summed E-state index contributed by atoms with van der Waals surface area (Å²) in [6.07, 6.45) is 5.76. The molecule has 2 aromatic rings. The summed E-state index contributed by atoms with van der Waals surface area (Å²) in [4.78, 5) is 16.4. The van der Waals surface area contributed by atoms with Gasteiger partial charge in [0.25, 0.3) is 5.69 Å². The fourth-order valence-electron chi connectivity index (χ4n) is 2.53. The van der Waals surface area contributed by atoms with E-state index in [0.29, 0.717) is 0 Å². The third-order valence-corrected chi connectivity index (χ3v) is 4.85. The van der Waals surface area contributed by atoms with Crippen molar-refractivity contribution in [2.45, 2.75) is 32.1 Å². The van der Waals surface area contributed by atoms with Crippen LogP contribution in [0.15, 0.2) is 24.3 Å². The quantitative estimate of drug-likeness (QED) is 0.677. The maximum absolute atomic E-state index is 10.6. The van der Waals surface area contributed by atoms with Gasteiger partial charge >= 0.3 is 0 Å². The topological polar surface area (TPSA) is 68.1 Å². The first kappa shape index (κ1) is 14.0. The van der Waals surface area contributed by atoms with Gasteiger partial charge in [-0.25, -0.2) is 4.98 Å². The molecular formula is C15H17N3O2S. The van der Waals surface area contributed by atoms with E-state index in [2.05, 4.69) is 5.32 Å². The van der Waals surface area contributed by atoms with Crippen molar-refractivity contribution in [3.05, 3.63) is 50.0 Å². The number of hydrogen-bond acceptors (Lipinski definition) is 5. The lowest BCUT2D eigenvalue weighted by molar-refractivity contribution is -0.384. The molecule has 0 fully saturated rings. The van der Waals surface area contributed by atoms with E-state index < -0.39 is 0 Å². The predicted octanol–water partition coefficient (Wildman–Crippen LogP) is 3.58. The summed E-state index contributed by atoms with van der Waals surface area (Å²) in [5.41, 5.74) is 2.33. The van der Waals surface area contributed by atoms with Crippen LogP contribution in [-0.4, -0.2) is 16.5 Å². The van der Waals surface area contributed by atoms with Crippen molar-refractivity contribution in [2.24, 2.45) is 0 Å². The Kier molecular flexibility index (Phi) is 4.15. The molecule has 0 aliphatic heterocycles. The third kappa shape index (κ3) is 3.39. The summed E-state index contributed by atoms with van der Waals surface area (Å²) in [6, 6.07) is 6.52. The highest BCUT2D eigenvalue weighted by Crippen LogP contribution is 2.26. The number of nitro benzene ring substituents is 1. The van der Waals surface area contributed by atoms with Crippen LogP contribution < -0.4 is 5.32 Å². The average Bonchev–Trinajstić information content (AvgIpc) is 2.90. The lowest BCUT2D eigenvalue weighted by atomic mass is 10.0. The van der Waals surface area contributed by atoms with E-state index in [1.807, 2.05) is 11.3 Å². The van der Waals surface area contributed by atoms with Crippen LogP contribution in [0.4, 0.5) is 11.4 Å². The Bertz CT molecular complexity index is 613. The van der Waals surface area contributed by atoms with Crippen LogP contribution in [0.1, 0.15) is 28.4 Å². The maximum atomic E-state index is 10.6. The summed E-state index contributed by atoms with van der Waals surface area (Å²) in [5, 5.41) is 15.1. The van der Waals surface area contributed by atoms with Crippen LogP contribution in [0.5, 0.6) is 0 Å². The molecule has 1 aliphatic rings. The number of nitro groups is 1. The molecule has 0 bridgehead atoms. The number of hydrogen-bond donors (Lipinski definition) is 1. The van der Waals surface area contributed by atoms with Crippen LogP contribution in [0.25, 0.3) is 0 Å². The Hall–Kier alpha value is -1.95. The molecule has 6 heteroatoms. The molecule has 5 nitrogen and oxygen atoms in total. The summed E-state index contributed by atoms with van der Waals surface area (Å²) in [5.74, 6) is 0. The molecule has 0 saturated carbocycles. The number of fused-ring (bicyclic) bond motifs is 1. The Morgan fingerprint density at radius 2 is 2.00 bits per heavy atom. The maximum Gasteiger partial charge on any atom is 0.269 e. The van der Waals surface area contributed by atoms with Gasteiger partial charge < -0.3 is 5.32 Å². The number of nitrogens with zero attached hydrogens (tertiary/aromatic N) is 2. The van der Waals surface area contributed by atoms with Gasteiger partial charge in [0, 0.05) is 35.7 Å². The number of thiazole rings is 1. The van der Waals surface area contributed by atoms with Gasteiger partial charge in [0.1, 0.15) is 0 Å². The Balaban J connectivity index is 1.53. The van der Waals surface area contributed by atoms with Crippen molar-refractivity contribution < 1.29 is 4.92 Å². The molecule has 1 aliphatic carbocycles. The van der Waals surface area contributed by atoms with E-state index >= 15 is 0 Å². The van der Waals surface area contributed by atoms with Crippen LogP contribution >= 0.6 is 11.3 Å². The fourth-order valence-corrected chi connectivity index (χ4v) is 3.68. The van der Waals surface area contributed by atoms with E-state index in [9.17, 15) is 10.1 Å². The van der Waals surface area contributed by atoms with E-state index in [0.717, 1.165) is 25.1 Å². The van der Waals surface area contributed by atoms with Crippen LogP contribution in [0.3, 0.4) is 0 Å². The van der Waals surface area contributed by atoms with E-state index in [1.54, 1.807) is 12.1 Å². The number of anilines is 1. The first-order chi connectivity index (χ1) is 10.2. The molecule has 0 unspecified atom stereocenters. The summed E-state index contributed by atoms with van der Waals surface area (Å²) in [7, 11) is 0. The minimum atomic E-state index is -0.385. The van der Waals surface area contributed by atoms with Crippen molar-refractivity contribution in [1.82, 2.24) is 4.98 Å². The van der Waals surface area contributed by atoms with Crippen molar-refractivity contribution in [2.75, 3.05) is 11.9 Å². The molecule has 110 valence electrons. The van der Waals surface area contributed by atoms with Gasteiger partial charge in [-0.1, -0.05) is 0 Å². The summed E-state index contributed by atoms with van der Waals surface area (Å²) in [6.45, 7) is 0.796. The van der Waals surface area contributed by atoms with Crippen molar-refractivity contribution in [3.63, 3.8) is 0 Å². The Morgan fingerprint density at radius 3 is 2.71 bits per heavy atom. The van der Waals surface area contributed by atoms with Gasteiger partial charge in [0.15, 0.2) is 0 Å². The van der Waals surface area contributed by atoms with Crippen LogP contribution in [-0.2, 0) is 19.3 Å². The van der Waals surface area contributed by atoms with Crippen LogP contribution in [0.2, 0.25) is 0 Å². The molecule has 1 N–H and O–H groups in total. The molecule has 1 heterocycles. The van der Waals surface area contributed by atoms with Crippen molar-refractivity contribution >= 4 is 22.7 Å². The minimum Gasteiger partial charge on any atom is -0.385 e. The highest BCUT2D eigenvalue weighted by atomic mass is 32.1. The molecular weight excluding hydrogens is 286 g/mol. The number of aromatic nitrogens is 1. The van der Waals surface area contributed by atoms with Crippen LogP contribution in [0, 0.1) is 10.1 Å². The fraction of sp³-hybridized carbons (Fsp3) is 0.400. The lowest BCUT2D eigenvalue weighted by Gasteiger charge is -2.06. The van der Waals surface area contributed by atoms with Gasteiger partial charge in [-0.3, -0.25) is 10.1 Å². The predicted molar refractivity (Wildman–Crippen MR) is 84.0 cm³/mol. The molecule has 21 heavy (non-hydrogen) atoms. The summed E-state index contributed by atoms with van der Waals surface area (Å²) < 4.78 is 0. The zero-order chi connectivity index (χ0) is 14.7. The highest BCUT2D eigenvalue weighted by Gasteiger charge is 2.14. The van der Waals surface area contributed by atoms with Gasteiger partial charge in [0.2, 0.25) is 0 Å². The second-order valence-electron chi connectivity index (χ2n) is 5.17. The number of nitrogens with one attached hydrogen (secondary N) is 1. The van der Waals surface area contributed by atoms with Crippen molar-refractivity contribution in [1.29, 1.82) is 0 Å². The molecule has 0 radical (unpaired) electrons. The van der Waals surface area contributed by atoms with Gasteiger partial charge in [-0.2, -0.15) is 0 Å². The molecule has 1 aromatic carbocycles. The molecule has 0 amide bonds. The normalized spacial score (nSPS) is 13.7. The zero-order valence-electron chi connectivity index (χ0n) is 11.7. The molecule has 3 rings (SSSR count). The smallest absolute Gasteiger partial charge is 0.269 e. The number of aryl methyl sites for hydroxylation is 2. The molecule has 0 spiro atoms. The summed E-state index contributed by atoms with van der Waals surface area (Å²) >= 11 is 1.84. The first-order valence-corrected chi connectivity index (χ1v) is 8.00. The average molecular weight is 303 g/mol. The minimum absolute atomic E-state index is 0.119. The number of benzene rings is 1. The second kappa shape index (κ2) is 6.22. The monoisotopic (exact) mass is 303 g/mol. The molecule has 1 aromatic heterocycles. The zero-order valence-corrected chi connectivity index (χ0v) is 12.5. The third-order valence-electron chi connectivity index (χ3n) is 3.64. The van der Waals surface area contributed by atoms with Crippen molar-refractivity contribution in [3.8, 4) is 0 Å². The second-order valence-corrected chi connectivity index (χ2v) is 6.33. The van der Waals surface area contributed by atoms with E-state index in [-0.39, 0.29) is 10.6 Å². The van der Waals surface area contributed by atoms with E-state index in [4.69, 9.17) is 4.98 Å². The SMILES string of the molecule is O=[N+]([O-])c1ccc(NCCc2nc3c(s2)CCCC3)cc1. The first-order valence-electron chi connectivity index (χ1n) is 7.18. The van der Waals surface area contributed by atoms with Gasteiger partial charge in [-0.15, -0.1) is 11.3 Å². The molecule has 0 saturated heterocycles. The number of rotatable bonds is 5. The lowest BCUT2D eigenvalue weighted by Crippen LogP contribution is -2.05. The van der Waals surface area contributed by atoms with E-state index in [1.165, 1.54) is 47.0 Å². The Morgan fingerprint density at radius 1 is 1.24 bits per heavy atom. The van der Waals surface area contributed by atoms with Gasteiger partial charge in [0.05, 0.1) is 15.6 Å². The Labute approximate surface area is 127 Å². The molecule has 0 atom stereocenters. The largest absolute Gasteiger partial charge is 0.385 e. The highest BCUT2D eigenvalue weighted by molar-refractivity contribution is 7.11. The standard InChI is InChI=1S/C15H17N3O2S/c19-18(20)12-7-5-11(6-8-12)16-10-9-15-17-13-3-1-2-4-14(13)21-15/h5-8,16H,1-4,9-10H2. The van der Waals surface area contributed by atoms with Gasteiger partial charge in [-0.05, 0) is 37.8 Å².